The number of aliphatic hydroxyl groups excluding tert-OH is 2. The van der Waals surface area contributed by atoms with Gasteiger partial charge in [-0.1, -0.05) is 12.1 Å². The summed E-state index contributed by atoms with van der Waals surface area (Å²) in [4.78, 5) is 24.9. The van der Waals surface area contributed by atoms with E-state index in [0.29, 0.717) is 23.3 Å². The molecule has 0 saturated heterocycles. The molecular weight excluding hydrogens is 539 g/mol. The molecule has 0 amide bonds. The Morgan fingerprint density at radius 1 is 0.513 bits per heavy atom. The van der Waals surface area contributed by atoms with Gasteiger partial charge in [-0.3, -0.25) is 30.1 Å². The quantitative estimate of drug-likeness (QED) is 0.300. The minimum atomic E-state index is 0. The molecule has 0 bridgehead atoms. The summed E-state index contributed by atoms with van der Waals surface area (Å²) in [5.41, 5.74) is 3.24. The Balaban J connectivity index is 0.000000238. The molecule has 0 unspecified atom stereocenters. The van der Waals surface area contributed by atoms with Gasteiger partial charge in [-0.05, 0) is 71.3 Å². The van der Waals surface area contributed by atoms with Crippen LogP contribution in [0.4, 0.5) is 0 Å². The number of hydrogen-bond donors (Lipinski definition) is 2. The monoisotopic (exact) mass is 563 g/mol. The Kier molecular flexibility index (Phi) is 13.3. The number of pyridine rings is 4. The molecule has 2 N–H and O–H groups in total. The summed E-state index contributed by atoms with van der Waals surface area (Å²) in [7, 11) is 2.00. The number of hydrogen-bond acceptors (Lipinski definition) is 10. The number of rotatable bonds is 4. The number of aliphatic hydroxyl groups is 2. The first kappa shape index (κ1) is 30.5. The van der Waals surface area contributed by atoms with E-state index in [4.69, 9.17) is 10.2 Å². The minimum absolute atomic E-state index is 0. The predicted octanol–water partition coefficient (Wildman–Crippen LogP) is 2.33. The fourth-order valence-electron chi connectivity index (χ4n) is 2.93. The Labute approximate surface area is 235 Å². The maximum atomic E-state index is 7.00. The van der Waals surface area contributed by atoms with Gasteiger partial charge in [-0.15, -0.1) is 0 Å². The average molecular weight is 563 g/mol. The van der Waals surface area contributed by atoms with Crippen LogP contribution in [0, 0.1) is 0 Å². The van der Waals surface area contributed by atoms with E-state index in [9.17, 15) is 0 Å². The summed E-state index contributed by atoms with van der Waals surface area (Å²) >= 11 is 0. The van der Waals surface area contributed by atoms with Crippen LogP contribution in [-0.4, -0.2) is 64.5 Å². The molecule has 0 aliphatic heterocycles. The second kappa shape index (κ2) is 16.9. The van der Waals surface area contributed by atoms with Crippen molar-refractivity contribution in [3.8, 4) is 45.8 Å². The summed E-state index contributed by atoms with van der Waals surface area (Å²) in [5.74, 6) is 2.26. The van der Waals surface area contributed by atoms with Gasteiger partial charge in [-0.25, -0.2) is 0 Å². The van der Waals surface area contributed by atoms with E-state index in [1.807, 2.05) is 60.7 Å². The summed E-state index contributed by atoms with van der Waals surface area (Å²) in [6.45, 7) is 0. The van der Waals surface area contributed by atoms with E-state index < -0.39 is 0 Å². The van der Waals surface area contributed by atoms with E-state index in [2.05, 4.69) is 50.3 Å². The molecule has 1 radical (unpaired) electrons. The van der Waals surface area contributed by atoms with E-state index in [-0.39, 0.29) is 17.1 Å². The molecule has 6 aromatic rings. The summed E-state index contributed by atoms with van der Waals surface area (Å²) in [6, 6.07) is 18.6. The molecule has 0 saturated carbocycles. The van der Waals surface area contributed by atoms with Crippen molar-refractivity contribution in [3.05, 3.63) is 97.8 Å². The molecule has 0 aliphatic carbocycles. The molecule has 0 aliphatic rings. The van der Waals surface area contributed by atoms with Gasteiger partial charge >= 0.3 is 17.1 Å². The molecule has 6 heterocycles. The molecule has 13 heteroatoms. The third-order valence-corrected chi connectivity index (χ3v) is 4.57. The fourth-order valence-corrected chi connectivity index (χ4v) is 2.93. The zero-order valence-electron chi connectivity index (χ0n) is 21.0. The van der Waals surface area contributed by atoms with Crippen LogP contribution in [0.15, 0.2) is 97.8 Å². The van der Waals surface area contributed by atoms with Crippen LogP contribution in [0.5, 0.6) is 0 Å². The largest absolute Gasteiger partial charge is 2.00 e. The molecule has 0 fully saturated rings. The van der Waals surface area contributed by atoms with Crippen molar-refractivity contribution >= 4 is 0 Å². The SMILES string of the molecule is CO.CO.[Mn+2].c1ccc(-c2n[n-]c(-c3ccncc3)n2)nc1.c1ccc(-c2nc(-c3ccncc3)n[n-]2)nc1. The summed E-state index contributed by atoms with van der Waals surface area (Å²) in [5, 5.41) is 30.1. The minimum Gasteiger partial charge on any atom is -0.417 e. The number of nitrogens with zero attached hydrogens (tertiary/aromatic N) is 10. The predicted molar refractivity (Wildman–Crippen MR) is 140 cm³/mol. The van der Waals surface area contributed by atoms with Crippen molar-refractivity contribution in [1.82, 2.24) is 50.3 Å². The first-order valence-corrected chi connectivity index (χ1v) is 11.1. The molecule has 0 spiro atoms. The third-order valence-electron chi connectivity index (χ3n) is 4.57. The van der Waals surface area contributed by atoms with Crippen LogP contribution in [0.1, 0.15) is 0 Å². The van der Waals surface area contributed by atoms with E-state index in [1.54, 1.807) is 37.2 Å². The van der Waals surface area contributed by atoms with E-state index >= 15 is 0 Å². The maximum Gasteiger partial charge on any atom is 2.00 e. The van der Waals surface area contributed by atoms with Crippen LogP contribution in [0.3, 0.4) is 0 Å². The molecule has 6 aromatic heterocycles. The second-order valence-corrected chi connectivity index (χ2v) is 6.82. The molecule has 0 aromatic carbocycles. The number of aromatic nitrogens is 10. The van der Waals surface area contributed by atoms with Gasteiger partial charge in [0.15, 0.2) is 0 Å². The van der Waals surface area contributed by atoms with Crippen LogP contribution in [0.25, 0.3) is 45.8 Å². The third kappa shape index (κ3) is 8.69. The fraction of sp³-hybridized carbons (Fsp3) is 0.0769. The molecular formula is C26H24MnN10O2. The standard InChI is InChI=1S/2C12H8N5.2CH4O.Mn/c2*1-2-6-14-10(3-1)12-15-11(16-17-12)9-4-7-13-8-5-9;2*1-2;/h2*1-8H;2*2H,1H3;/q2*-1;;;+2. The molecule has 6 rings (SSSR count). The van der Waals surface area contributed by atoms with Gasteiger partial charge in [0.05, 0.1) is 23.0 Å². The van der Waals surface area contributed by atoms with Gasteiger partial charge < -0.3 is 30.4 Å². The Hall–Kier alpha value is -4.68. The van der Waals surface area contributed by atoms with Crippen molar-refractivity contribution in [1.29, 1.82) is 0 Å². The second-order valence-electron chi connectivity index (χ2n) is 6.82. The van der Waals surface area contributed by atoms with Gasteiger partial charge in [0.2, 0.25) is 0 Å². The Morgan fingerprint density at radius 2 is 1.00 bits per heavy atom. The molecule has 39 heavy (non-hydrogen) atoms. The van der Waals surface area contributed by atoms with Crippen molar-refractivity contribution in [2.75, 3.05) is 14.2 Å². The molecule has 197 valence electrons. The van der Waals surface area contributed by atoms with E-state index in [0.717, 1.165) is 36.7 Å². The smallest absolute Gasteiger partial charge is 0.417 e. The van der Waals surface area contributed by atoms with Crippen LogP contribution < -0.4 is 10.2 Å². The van der Waals surface area contributed by atoms with Crippen molar-refractivity contribution < 1.29 is 27.3 Å². The van der Waals surface area contributed by atoms with Crippen LogP contribution >= 0.6 is 0 Å². The first-order chi connectivity index (χ1) is 18.9. The zero-order valence-corrected chi connectivity index (χ0v) is 22.2. The van der Waals surface area contributed by atoms with Crippen molar-refractivity contribution in [2.24, 2.45) is 0 Å². The average Bonchev–Trinajstić information content (AvgIpc) is 3.73. The van der Waals surface area contributed by atoms with Crippen LogP contribution in [-0.2, 0) is 17.1 Å². The molecule has 0 atom stereocenters. The van der Waals surface area contributed by atoms with Crippen LogP contribution in [0.2, 0.25) is 0 Å². The Morgan fingerprint density at radius 3 is 1.56 bits per heavy atom. The van der Waals surface area contributed by atoms with Gasteiger partial charge in [0, 0.05) is 51.4 Å². The normalized spacial score (nSPS) is 9.33. The van der Waals surface area contributed by atoms with Gasteiger partial charge in [0.25, 0.3) is 0 Å². The maximum absolute atomic E-state index is 7.00. The summed E-state index contributed by atoms with van der Waals surface area (Å²) in [6.07, 6.45) is 10.2. The topological polar surface area (TPSA) is 172 Å². The molecule has 12 nitrogen and oxygen atoms in total. The van der Waals surface area contributed by atoms with Crippen molar-refractivity contribution in [3.63, 3.8) is 0 Å². The van der Waals surface area contributed by atoms with Gasteiger partial charge in [-0.2, -0.15) is 0 Å². The summed E-state index contributed by atoms with van der Waals surface area (Å²) < 4.78 is 0. The van der Waals surface area contributed by atoms with E-state index in [1.165, 1.54) is 0 Å². The van der Waals surface area contributed by atoms with Crippen molar-refractivity contribution in [2.45, 2.75) is 0 Å². The first-order valence-electron chi connectivity index (χ1n) is 11.1. The Bertz CT molecular complexity index is 1230. The van der Waals surface area contributed by atoms with Gasteiger partial charge in [0.1, 0.15) is 0 Å². The zero-order chi connectivity index (χ0) is 27.0.